The smallest absolute Gasteiger partial charge is 0.230 e. The van der Waals surface area contributed by atoms with Crippen LogP contribution < -0.4 is 10.1 Å². The van der Waals surface area contributed by atoms with Gasteiger partial charge in [0.2, 0.25) is 11.8 Å². The van der Waals surface area contributed by atoms with Crippen LogP contribution in [0.2, 0.25) is 5.02 Å². The third-order valence-corrected chi connectivity index (χ3v) is 4.30. The lowest BCUT2D eigenvalue weighted by Gasteiger charge is -2.13. The van der Waals surface area contributed by atoms with E-state index in [-0.39, 0.29) is 12.0 Å². The number of amides is 1. The fraction of sp³-hybridized carbons (Fsp3) is 0.333. The Morgan fingerprint density at radius 3 is 2.92 bits per heavy atom. The Kier molecular flexibility index (Phi) is 7.40. The molecule has 1 N–H and O–H groups in total. The van der Waals surface area contributed by atoms with Crippen molar-refractivity contribution in [3.05, 3.63) is 58.7 Å². The lowest BCUT2D eigenvalue weighted by Crippen LogP contribution is -2.25. The number of rotatable bonds is 8. The Morgan fingerprint density at radius 2 is 2.17 bits per heavy atom. The molecule has 0 aliphatic rings. The second-order valence-corrected chi connectivity index (χ2v) is 6.96. The van der Waals surface area contributed by atoms with E-state index < -0.39 is 0 Å². The van der Waals surface area contributed by atoms with E-state index in [9.17, 15) is 4.79 Å². The van der Waals surface area contributed by atoms with Gasteiger partial charge >= 0.3 is 0 Å². The van der Waals surface area contributed by atoms with Crippen molar-refractivity contribution in [1.29, 1.82) is 0 Å². The summed E-state index contributed by atoms with van der Waals surface area (Å²) < 4.78 is 5.65. The highest BCUT2D eigenvalue weighted by atomic mass is 35.5. The van der Waals surface area contributed by atoms with Gasteiger partial charge in [-0.25, -0.2) is 4.98 Å². The van der Waals surface area contributed by atoms with E-state index in [0.29, 0.717) is 23.2 Å². The second-order valence-electron chi connectivity index (χ2n) is 5.53. The molecule has 0 bridgehead atoms. The van der Waals surface area contributed by atoms with E-state index >= 15 is 0 Å². The summed E-state index contributed by atoms with van der Waals surface area (Å²) in [4.78, 5) is 16.2. The summed E-state index contributed by atoms with van der Waals surface area (Å²) in [5.41, 5.74) is 1.99. The normalized spacial score (nSPS) is 10.7. The molecule has 6 heteroatoms. The first-order chi connectivity index (χ1) is 11.5. The highest BCUT2D eigenvalue weighted by Gasteiger charge is 2.08. The first-order valence-corrected chi connectivity index (χ1v) is 9.27. The maximum Gasteiger partial charge on any atom is 0.230 e. The molecule has 0 unspecified atom stereocenters. The van der Waals surface area contributed by atoms with Crippen LogP contribution >= 0.6 is 23.4 Å². The molecule has 0 atom stereocenters. The standard InChI is InChI=1S/C18H21ClN2O2S/c1-13(2)23-18-15(6-4-8-20-18)10-21-17(22)12-24-11-14-5-3-7-16(19)9-14/h3-9,13H,10-12H2,1-2H3,(H,21,22). The Bertz CT molecular complexity index is 680. The van der Waals surface area contributed by atoms with Gasteiger partial charge in [0.25, 0.3) is 0 Å². The van der Waals surface area contributed by atoms with Crippen LogP contribution in [0.3, 0.4) is 0 Å². The third-order valence-electron chi connectivity index (χ3n) is 3.06. The van der Waals surface area contributed by atoms with Crippen LogP contribution in [-0.2, 0) is 17.1 Å². The monoisotopic (exact) mass is 364 g/mol. The van der Waals surface area contributed by atoms with Crippen LogP contribution in [0, 0.1) is 0 Å². The molecule has 1 heterocycles. The lowest BCUT2D eigenvalue weighted by molar-refractivity contribution is -0.118. The Balaban J connectivity index is 1.77. The maximum absolute atomic E-state index is 12.0. The molecule has 24 heavy (non-hydrogen) atoms. The minimum Gasteiger partial charge on any atom is -0.475 e. The van der Waals surface area contributed by atoms with Gasteiger partial charge in [0.15, 0.2) is 0 Å². The van der Waals surface area contributed by atoms with Gasteiger partial charge in [-0.3, -0.25) is 4.79 Å². The molecule has 1 aromatic carbocycles. The maximum atomic E-state index is 12.0. The number of aromatic nitrogens is 1. The van der Waals surface area contributed by atoms with E-state index in [1.54, 1.807) is 18.0 Å². The molecule has 0 radical (unpaired) electrons. The molecule has 0 spiro atoms. The molecule has 0 fully saturated rings. The molecule has 0 saturated carbocycles. The summed E-state index contributed by atoms with van der Waals surface area (Å²) in [7, 11) is 0. The number of carbonyl (C=O) groups is 1. The fourth-order valence-corrected chi connectivity index (χ4v) is 3.04. The van der Waals surface area contributed by atoms with Crippen molar-refractivity contribution in [2.45, 2.75) is 32.2 Å². The van der Waals surface area contributed by atoms with Crippen LogP contribution in [0.15, 0.2) is 42.6 Å². The quantitative estimate of drug-likeness (QED) is 0.767. The van der Waals surface area contributed by atoms with E-state index in [4.69, 9.17) is 16.3 Å². The number of halogens is 1. The molecular weight excluding hydrogens is 344 g/mol. The zero-order chi connectivity index (χ0) is 17.4. The van der Waals surface area contributed by atoms with Crippen LogP contribution in [-0.4, -0.2) is 22.7 Å². The zero-order valence-corrected chi connectivity index (χ0v) is 15.4. The minimum atomic E-state index is -0.0126. The highest BCUT2D eigenvalue weighted by molar-refractivity contribution is 7.99. The summed E-state index contributed by atoms with van der Waals surface area (Å²) in [6.45, 7) is 4.31. The van der Waals surface area contributed by atoms with Crippen molar-refractivity contribution in [3.63, 3.8) is 0 Å². The van der Waals surface area contributed by atoms with Crippen molar-refractivity contribution >= 4 is 29.3 Å². The van der Waals surface area contributed by atoms with Crippen LogP contribution in [0.25, 0.3) is 0 Å². The molecular formula is C18H21ClN2O2S. The lowest BCUT2D eigenvalue weighted by atomic mass is 10.2. The first-order valence-electron chi connectivity index (χ1n) is 7.74. The summed E-state index contributed by atoms with van der Waals surface area (Å²) in [5.74, 6) is 1.70. The predicted molar refractivity (Wildman–Crippen MR) is 99.5 cm³/mol. The average Bonchev–Trinajstić information content (AvgIpc) is 2.53. The van der Waals surface area contributed by atoms with Gasteiger partial charge in [-0.05, 0) is 37.6 Å². The van der Waals surface area contributed by atoms with Crippen LogP contribution in [0.1, 0.15) is 25.0 Å². The molecule has 128 valence electrons. The number of ether oxygens (including phenoxy) is 1. The second kappa shape index (κ2) is 9.55. The minimum absolute atomic E-state index is 0.0126. The molecule has 2 rings (SSSR count). The zero-order valence-electron chi connectivity index (χ0n) is 13.8. The summed E-state index contributed by atoms with van der Waals surface area (Å²) >= 11 is 7.50. The van der Waals surface area contributed by atoms with Crippen LogP contribution in [0.5, 0.6) is 5.88 Å². The molecule has 0 saturated heterocycles. The van der Waals surface area contributed by atoms with E-state index in [0.717, 1.165) is 16.9 Å². The number of hydrogen-bond acceptors (Lipinski definition) is 4. The molecule has 1 aromatic heterocycles. The number of benzene rings is 1. The molecule has 1 amide bonds. The number of thioether (sulfide) groups is 1. The van der Waals surface area contributed by atoms with Crippen molar-refractivity contribution in [1.82, 2.24) is 10.3 Å². The molecule has 4 nitrogen and oxygen atoms in total. The van der Waals surface area contributed by atoms with E-state index in [2.05, 4.69) is 10.3 Å². The van der Waals surface area contributed by atoms with Gasteiger partial charge in [-0.1, -0.05) is 29.8 Å². The number of hydrogen-bond donors (Lipinski definition) is 1. The highest BCUT2D eigenvalue weighted by Crippen LogP contribution is 2.17. The van der Waals surface area contributed by atoms with Gasteiger partial charge in [-0.15, -0.1) is 11.8 Å². The van der Waals surface area contributed by atoms with E-state index in [1.165, 1.54) is 0 Å². The topological polar surface area (TPSA) is 51.2 Å². The molecule has 0 aliphatic carbocycles. The number of pyridine rings is 1. The van der Waals surface area contributed by atoms with Gasteiger partial charge in [0, 0.05) is 29.1 Å². The summed E-state index contributed by atoms with van der Waals surface area (Å²) in [6, 6.07) is 11.4. The SMILES string of the molecule is CC(C)Oc1ncccc1CNC(=O)CSCc1cccc(Cl)c1. The summed E-state index contributed by atoms with van der Waals surface area (Å²) in [6.07, 6.45) is 1.73. The fourth-order valence-electron chi connectivity index (χ4n) is 2.02. The van der Waals surface area contributed by atoms with Crippen molar-refractivity contribution in [3.8, 4) is 5.88 Å². The van der Waals surface area contributed by atoms with Gasteiger partial charge < -0.3 is 10.1 Å². The third kappa shape index (κ3) is 6.42. The Hall–Kier alpha value is -1.72. The van der Waals surface area contributed by atoms with E-state index in [1.807, 2.05) is 50.2 Å². The largest absolute Gasteiger partial charge is 0.475 e. The van der Waals surface area contributed by atoms with Gasteiger partial charge in [-0.2, -0.15) is 0 Å². The van der Waals surface area contributed by atoms with Crippen LogP contribution in [0.4, 0.5) is 0 Å². The number of carbonyl (C=O) groups excluding carboxylic acids is 1. The molecule has 2 aromatic rings. The molecule has 0 aliphatic heterocycles. The van der Waals surface area contributed by atoms with Crippen molar-refractivity contribution in [2.75, 3.05) is 5.75 Å². The Morgan fingerprint density at radius 1 is 1.33 bits per heavy atom. The summed E-state index contributed by atoms with van der Waals surface area (Å²) in [5, 5.41) is 3.62. The Labute approximate surface area is 152 Å². The number of nitrogens with zero attached hydrogens (tertiary/aromatic N) is 1. The number of nitrogens with one attached hydrogen (secondary N) is 1. The van der Waals surface area contributed by atoms with Crippen molar-refractivity contribution < 1.29 is 9.53 Å². The predicted octanol–water partition coefficient (Wildman–Crippen LogP) is 4.07. The average molecular weight is 365 g/mol. The van der Waals surface area contributed by atoms with Gasteiger partial charge in [0.1, 0.15) is 0 Å². The van der Waals surface area contributed by atoms with Crippen molar-refractivity contribution in [2.24, 2.45) is 0 Å². The van der Waals surface area contributed by atoms with Gasteiger partial charge in [0.05, 0.1) is 11.9 Å². The first kappa shape index (κ1) is 18.6.